The molecule has 1 aliphatic heterocycles. The lowest BCUT2D eigenvalue weighted by molar-refractivity contribution is 0.134. The summed E-state index contributed by atoms with van der Waals surface area (Å²) >= 11 is 1.70. The maximum Gasteiger partial charge on any atom is 0.119 e. The number of methoxy groups -OCH3 is 1. The summed E-state index contributed by atoms with van der Waals surface area (Å²) in [6.45, 7) is 2.06. The highest BCUT2D eigenvalue weighted by molar-refractivity contribution is 7.99. The Labute approximate surface area is 203 Å². The van der Waals surface area contributed by atoms with Gasteiger partial charge in [-0.3, -0.25) is 0 Å². The molecule has 1 aliphatic rings. The van der Waals surface area contributed by atoms with E-state index in [1.807, 2.05) is 12.1 Å². The predicted octanol–water partition coefficient (Wildman–Crippen LogP) is 6.94. The Morgan fingerprint density at radius 3 is 2.53 bits per heavy atom. The number of ether oxygens (including phenoxy) is 2. The number of fused-ring (bicyclic) bond motifs is 2. The van der Waals surface area contributed by atoms with Crippen LogP contribution in [0.3, 0.4) is 0 Å². The smallest absolute Gasteiger partial charge is 0.119 e. The van der Waals surface area contributed by atoms with Gasteiger partial charge in [0.15, 0.2) is 0 Å². The van der Waals surface area contributed by atoms with Gasteiger partial charge in [0, 0.05) is 39.7 Å². The highest BCUT2D eigenvalue weighted by Crippen LogP contribution is 2.39. The molecule has 5 aromatic rings. The van der Waals surface area contributed by atoms with Crippen molar-refractivity contribution in [1.82, 2.24) is 9.55 Å². The van der Waals surface area contributed by atoms with Crippen LogP contribution >= 0.6 is 11.8 Å². The van der Waals surface area contributed by atoms with Crippen LogP contribution in [0.25, 0.3) is 22.2 Å². The second-order valence-electron chi connectivity index (χ2n) is 8.40. The first-order chi connectivity index (χ1) is 16.8. The topological polar surface area (TPSA) is 36.3 Å². The molecule has 3 heterocycles. The number of hydrogen-bond donors (Lipinski definition) is 0. The van der Waals surface area contributed by atoms with Crippen molar-refractivity contribution in [2.45, 2.75) is 29.7 Å². The maximum absolute atomic E-state index is 5.78. The van der Waals surface area contributed by atoms with E-state index in [2.05, 4.69) is 83.6 Å². The number of rotatable bonds is 6. The van der Waals surface area contributed by atoms with Crippen molar-refractivity contribution >= 4 is 22.7 Å². The van der Waals surface area contributed by atoms with Gasteiger partial charge in [-0.25, -0.2) is 4.98 Å². The van der Waals surface area contributed by atoms with Crippen LogP contribution in [0.4, 0.5) is 0 Å². The Morgan fingerprint density at radius 2 is 1.74 bits per heavy atom. The monoisotopic (exact) mass is 464 g/mol. The van der Waals surface area contributed by atoms with Crippen molar-refractivity contribution in [2.24, 2.45) is 0 Å². The van der Waals surface area contributed by atoms with Crippen LogP contribution in [0.15, 0.2) is 101 Å². The molecule has 6 rings (SSSR count). The number of pyridine rings is 1. The minimum absolute atomic E-state index is 0.616. The van der Waals surface area contributed by atoms with E-state index in [4.69, 9.17) is 14.5 Å². The molecule has 0 amide bonds. The average molecular weight is 465 g/mol. The maximum atomic E-state index is 5.78. The molecule has 0 spiro atoms. The minimum Gasteiger partial charge on any atom is -0.497 e. The van der Waals surface area contributed by atoms with Crippen LogP contribution in [0.5, 0.6) is 5.75 Å². The highest BCUT2D eigenvalue weighted by Gasteiger charge is 2.21. The molecule has 0 saturated carbocycles. The Kier molecular flexibility index (Phi) is 5.57. The van der Waals surface area contributed by atoms with Crippen molar-refractivity contribution in [3.8, 4) is 17.0 Å². The second-order valence-corrected chi connectivity index (χ2v) is 9.46. The molecular formula is C29H24N2O2S. The molecule has 0 atom stereocenters. The Morgan fingerprint density at radius 1 is 0.941 bits per heavy atom. The first-order valence-corrected chi connectivity index (χ1v) is 12.1. The van der Waals surface area contributed by atoms with Gasteiger partial charge in [-0.2, -0.15) is 0 Å². The van der Waals surface area contributed by atoms with Crippen LogP contribution < -0.4 is 4.74 Å². The van der Waals surface area contributed by atoms with Gasteiger partial charge in [-0.05, 0) is 35.4 Å². The van der Waals surface area contributed by atoms with Gasteiger partial charge in [0.1, 0.15) is 10.8 Å². The molecule has 4 nitrogen and oxygen atoms in total. The number of hydrogen-bond acceptors (Lipinski definition) is 4. The van der Waals surface area contributed by atoms with E-state index in [9.17, 15) is 0 Å². The molecule has 0 unspecified atom stereocenters. The fourth-order valence-corrected chi connectivity index (χ4v) is 5.53. The van der Waals surface area contributed by atoms with Crippen molar-refractivity contribution in [3.63, 3.8) is 0 Å². The minimum atomic E-state index is 0.616. The Balaban J connectivity index is 1.44. The van der Waals surface area contributed by atoms with Crippen LogP contribution in [0.1, 0.15) is 16.7 Å². The van der Waals surface area contributed by atoms with Crippen molar-refractivity contribution < 1.29 is 9.47 Å². The summed E-state index contributed by atoms with van der Waals surface area (Å²) in [5.74, 6) is 0.854. The third-order valence-electron chi connectivity index (χ3n) is 6.21. The van der Waals surface area contributed by atoms with E-state index in [0.717, 1.165) is 33.5 Å². The van der Waals surface area contributed by atoms with Gasteiger partial charge in [-0.15, -0.1) is 0 Å². The van der Waals surface area contributed by atoms with E-state index < -0.39 is 0 Å². The Bertz CT molecular complexity index is 1460. The third kappa shape index (κ3) is 3.98. The molecule has 0 N–H and O–H groups in total. The van der Waals surface area contributed by atoms with E-state index in [1.54, 1.807) is 18.9 Å². The normalized spacial score (nSPS) is 12.7. The fraction of sp³-hybridized carbons (Fsp3) is 0.138. The molecule has 0 saturated heterocycles. The van der Waals surface area contributed by atoms with Crippen molar-refractivity contribution in [2.75, 3.05) is 7.11 Å². The summed E-state index contributed by atoms with van der Waals surface area (Å²) in [6, 6.07) is 29.4. The van der Waals surface area contributed by atoms with Gasteiger partial charge in [-0.1, -0.05) is 72.4 Å². The summed E-state index contributed by atoms with van der Waals surface area (Å²) in [4.78, 5) is 6.26. The third-order valence-corrected chi connectivity index (χ3v) is 7.17. The molecular weight excluding hydrogens is 440 g/mol. The summed E-state index contributed by atoms with van der Waals surface area (Å²) in [6.07, 6.45) is 2.23. The fourth-order valence-electron chi connectivity index (χ4n) is 4.51. The molecule has 2 aromatic heterocycles. The van der Waals surface area contributed by atoms with Gasteiger partial charge in [0.25, 0.3) is 0 Å². The van der Waals surface area contributed by atoms with Crippen LogP contribution in [0, 0.1) is 0 Å². The van der Waals surface area contributed by atoms with E-state index in [1.165, 1.54) is 27.6 Å². The molecule has 0 bridgehead atoms. The van der Waals surface area contributed by atoms with Crippen LogP contribution in [-0.2, 0) is 24.5 Å². The summed E-state index contributed by atoms with van der Waals surface area (Å²) < 4.78 is 13.6. The molecule has 3 aromatic carbocycles. The zero-order valence-electron chi connectivity index (χ0n) is 18.9. The molecule has 0 fully saturated rings. The second kappa shape index (κ2) is 9.01. The van der Waals surface area contributed by atoms with Crippen molar-refractivity contribution in [3.05, 3.63) is 108 Å². The van der Waals surface area contributed by atoms with Gasteiger partial charge < -0.3 is 14.0 Å². The molecule has 168 valence electrons. The van der Waals surface area contributed by atoms with Gasteiger partial charge >= 0.3 is 0 Å². The van der Waals surface area contributed by atoms with E-state index in [-0.39, 0.29) is 0 Å². The Hall–Kier alpha value is -3.54. The predicted molar refractivity (Wildman–Crippen MR) is 136 cm³/mol. The first kappa shape index (κ1) is 21.0. The number of nitrogens with zero attached hydrogens (tertiary/aromatic N) is 2. The van der Waals surface area contributed by atoms with Crippen molar-refractivity contribution in [1.29, 1.82) is 0 Å². The van der Waals surface area contributed by atoms with Crippen LogP contribution in [0.2, 0.25) is 0 Å². The molecule has 0 aliphatic carbocycles. The lowest BCUT2D eigenvalue weighted by Crippen LogP contribution is -1.97. The summed E-state index contributed by atoms with van der Waals surface area (Å²) in [5.41, 5.74) is 7.01. The lowest BCUT2D eigenvalue weighted by atomic mass is 10.0. The standard InChI is InChI=1S/C29H24N2O2S/c1-32-23-12-13-26-24(15-23)27(17-31(26)16-20-8-4-2-5-9-20)34-28-14-22-18-33-19-25(22)29(30-28)21-10-6-3-7-11-21/h2-15,17H,16,18-19H2,1H3. The molecule has 5 heteroatoms. The number of benzene rings is 3. The number of aromatic nitrogens is 2. The SMILES string of the molecule is COc1ccc2c(c1)c(Sc1cc3c(c(-c4ccccc4)n1)COC3)cn2Cc1ccccc1. The van der Waals surface area contributed by atoms with E-state index in [0.29, 0.717) is 13.2 Å². The van der Waals surface area contributed by atoms with E-state index >= 15 is 0 Å². The highest BCUT2D eigenvalue weighted by atomic mass is 32.2. The average Bonchev–Trinajstić information content (AvgIpc) is 3.49. The zero-order valence-corrected chi connectivity index (χ0v) is 19.7. The van der Waals surface area contributed by atoms with Gasteiger partial charge in [0.05, 0.1) is 26.0 Å². The quantitative estimate of drug-likeness (QED) is 0.273. The summed E-state index contributed by atoms with van der Waals surface area (Å²) in [5, 5.41) is 2.14. The summed E-state index contributed by atoms with van der Waals surface area (Å²) in [7, 11) is 1.71. The van der Waals surface area contributed by atoms with Crippen LogP contribution in [-0.4, -0.2) is 16.7 Å². The van der Waals surface area contributed by atoms with Gasteiger partial charge in [0.2, 0.25) is 0 Å². The lowest BCUT2D eigenvalue weighted by Gasteiger charge is -2.10. The molecule has 34 heavy (non-hydrogen) atoms. The molecule has 0 radical (unpaired) electrons. The largest absolute Gasteiger partial charge is 0.497 e. The first-order valence-electron chi connectivity index (χ1n) is 11.3. The zero-order chi connectivity index (χ0) is 22.9.